The molecule has 0 saturated carbocycles. The molecule has 2 aliphatic rings. The number of piperazine rings is 1. The third-order valence-electron chi connectivity index (χ3n) is 5.33. The summed E-state index contributed by atoms with van der Waals surface area (Å²) in [4.78, 5) is 28.9. The van der Waals surface area contributed by atoms with Crippen molar-refractivity contribution in [2.75, 3.05) is 45.9 Å². The van der Waals surface area contributed by atoms with E-state index < -0.39 is 17.1 Å². The molecular weight excluding hydrogens is 396 g/mol. The number of ether oxygens (including phenoxy) is 1. The summed E-state index contributed by atoms with van der Waals surface area (Å²) in [6, 6.07) is 4.17. The fraction of sp³-hybridized carbons (Fsp3) is 0.556. The second kappa shape index (κ2) is 9.19. The minimum absolute atomic E-state index is 0. The maximum Gasteiger partial charge on any atom is 0.258 e. The molecule has 0 spiro atoms. The number of halogens is 3. The smallest absolute Gasteiger partial charge is 0.258 e. The molecule has 3 rings (SSSR count). The number of carbonyl (C=O) groups excluding carboxylic acids is 2. The Kier molecular flexibility index (Phi) is 7.45. The van der Waals surface area contributed by atoms with E-state index in [1.807, 2.05) is 0 Å². The molecule has 2 saturated heterocycles. The highest BCUT2D eigenvalue weighted by atomic mass is 35.5. The number of nitrogens with two attached hydrogens (primary N) is 1. The van der Waals surface area contributed by atoms with Gasteiger partial charge in [-0.2, -0.15) is 0 Å². The molecule has 2 heterocycles. The molecule has 0 aromatic heterocycles. The first-order valence-electron chi connectivity index (χ1n) is 8.79. The topological polar surface area (TPSA) is 75.9 Å². The van der Waals surface area contributed by atoms with E-state index in [1.54, 1.807) is 4.90 Å². The molecule has 0 radical (unpaired) electrons. The van der Waals surface area contributed by atoms with Crippen molar-refractivity contribution in [3.63, 3.8) is 0 Å². The molecular formula is C18H24Cl2FN3O3. The van der Waals surface area contributed by atoms with E-state index in [9.17, 15) is 14.0 Å². The van der Waals surface area contributed by atoms with Crippen molar-refractivity contribution in [1.82, 2.24) is 9.80 Å². The Labute approximate surface area is 169 Å². The number of nitrogens with zero attached hydrogens (tertiary/aromatic N) is 2. The lowest BCUT2D eigenvalue weighted by atomic mass is 9.78. The molecule has 1 aromatic rings. The van der Waals surface area contributed by atoms with Crippen LogP contribution in [-0.2, 0) is 9.53 Å². The van der Waals surface area contributed by atoms with E-state index in [-0.39, 0.29) is 28.9 Å². The SMILES string of the molecule is Cl.NCC1(C(=O)N2CCN(C(=O)c3c(F)cccc3Cl)CC2)CCOCC1. The van der Waals surface area contributed by atoms with Gasteiger partial charge in [0.25, 0.3) is 5.91 Å². The molecule has 9 heteroatoms. The van der Waals surface area contributed by atoms with Crippen LogP contribution in [0.4, 0.5) is 4.39 Å². The summed E-state index contributed by atoms with van der Waals surface area (Å²) in [5.74, 6) is -1.05. The zero-order chi connectivity index (χ0) is 18.7. The van der Waals surface area contributed by atoms with Gasteiger partial charge in [0.2, 0.25) is 5.91 Å². The predicted molar refractivity (Wildman–Crippen MR) is 103 cm³/mol. The summed E-state index contributed by atoms with van der Waals surface area (Å²) in [5, 5.41) is 0.0952. The van der Waals surface area contributed by atoms with Crippen LogP contribution in [0, 0.1) is 11.2 Å². The molecule has 0 bridgehead atoms. The highest BCUT2D eigenvalue weighted by Gasteiger charge is 2.42. The van der Waals surface area contributed by atoms with Crippen LogP contribution in [0.3, 0.4) is 0 Å². The number of benzene rings is 1. The highest BCUT2D eigenvalue weighted by molar-refractivity contribution is 6.33. The Morgan fingerprint density at radius 3 is 2.30 bits per heavy atom. The summed E-state index contributed by atoms with van der Waals surface area (Å²) in [7, 11) is 0. The number of carbonyl (C=O) groups is 2. The van der Waals surface area contributed by atoms with Crippen LogP contribution >= 0.6 is 24.0 Å². The number of rotatable bonds is 3. The van der Waals surface area contributed by atoms with Gasteiger partial charge in [-0.3, -0.25) is 9.59 Å². The fourth-order valence-corrected chi connectivity index (χ4v) is 3.82. The second-order valence-corrected chi connectivity index (χ2v) is 7.19. The Morgan fingerprint density at radius 2 is 1.74 bits per heavy atom. The fourth-order valence-electron chi connectivity index (χ4n) is 3.58. The maximum absolute atomic E-state index is 14.0. The summed E-state index contributed by atoms with van der Waals surface area (Å²) in [5.41, 5.74) is 5.22. The Morgan fingerprint density at radius 1 is 1.15 bits per heavy atom. The van der Waals surface area contributed by atoms with Gasteiger partial charge in [0.05, 0.1) is 16.0 Å². The normalized spacial score (nSPS) is 19.4. The molecule has 150 valence electrons. The second-order valence-electron chi connectivity index (χ2n) is 6.78. The van der Waals surface area contributed by atoms with Gasteiger partial charge in [-0.25, -0.2) is 4.39 Å². The van der Waals surface area contributed by atoms with E-state index in [2.05, 4.69) is 0 Å². The van der Waals surface area contributed by atoms with Gasteiger partial charge in [-0.1, -0.05) is 17.7 Å². The van der Waals surface area contributed by atoms with Gasteiger partial charge in [0, 0.05) is 45.9 Å². The van der Waals surface area contributed by atoms with E-state index in [0.29, 0.717) is 58.8 Å². The van der Waals surface area contributed by atoms with Crippen LogP contribution in [-0.4, -0.2) is 67.6 Å². The van der Waals surface area contributed by atoms with Gasteiger partial charge >= 0.3 is 0 Å². The van der Waals surface area contributed by atoms with E-state index in [0.717, 1.165) is 0 Å². The molecule has 2 fully saturated rings. The maximum atomic E-state index is 14.0. The molecule has 2 aliphatic heterocycles. The number of hydrogen-bond donors (Lipinski definition) is 1. The average Bonchev–Trinajstić information content (AvgIpc) is 2.68. The van der Waals surface area contributed by atoms with Gasteiger partial charge in [-0.15, -0.1) is 12.4 Å². The molecule has 2 N–H and O–H groups in total. The van der Waals surface area contributed by atoms with Crippen LogP contribution in [0.15, 0.2) is 18.2 Å². The first-order chi connectivity index (χ1) is 12.5. The van der Waals surface area contributed by atoms with Crippen LogP contribution < -0.4 is 5.73 Å². The Hall–Kier alpha value is -1.41. The lowest BCUT2D eigenvalue weighted by molar-refractivity contribution is -0.148. The molecule has 6 nitrogen and oxygen atoms in total. The predicted octanol–water partition coefficient (Wildman–Crippen LogP) is 1.94. The number of amides is 2. The standard InChI is InChI=1S/C18H23ClFN3O3.ClH/c19-13-2-1-3-14(20)15(13)16(24)22-6-8-23(9-7-22)17(25)18(12-21)4-10-26-11-5-18;/h1-3H,4-12,21H2;1H. The van der Waals surface area contributed by atoms with Crippen molar-refractivity contribution < 1.29 is 18.7 Å². The summed E-state index contributed by atoms with van der Waals surface area (Å²) in [6.45, 7) is 2.84. The molecule has 2 amide bonds. The van der Waals surface area contributed by atoms with Crippen molar-refractivity contribution in [2.45, 2.75) is 12.8 Å². The molecule has 1 aromatic carbocycles. The largest absolute Gasteiger partial charge is 0.381 e. The van der Waals surface area contributed by atoms with Crippen molar-refractivity contribution >= 4 is 35.8 Å². The van der Waals surface area contributed by atoms with Gasteiger partial charge in [-0.05, 0) is 25.0 Å². The first kappa shape index (κ1) is 21.9. The van der Waals surface area contributed by atoms with Crippen molar-refractivity contribution in [2.24, 2.45) is 11.1 Å². The van der Waals surface area contributed by atoms with Gasteiger partial charge in [0.15, 0.2) is 0 Å². The van der Waals surface area contributed by atoms with Crippen LogP contribution in [0.25, 0.3) is 0 Å². The van der Waals surface area contributed by atoms with E-state index in [4.69, 9.17) is 22.1 Å². The third-order valence-corrected chi connectivity index (χ3v) is 5.64. The lowest BCUT2D eigenvalue weighted by Crippen LogP contribution is -2.57. The molecule has 0 unspecified atom stereocenters. The average molecular weight is 420 g/mol. The monoisotopic (exact) mass is 419 g/mol. The van der Waals surface area contributed by atoms with Crippen LogP contribution in [0.5, 0.6) is 0 Å². The van der Waals surface area contributed by atoms with Crippen molar-refractivity contribution in [3.05, 3.63) is 34.6 Å². The third kappa shape index (κ3) is 4.37. The zero-order valence-electron chi connectivity index (χ0n) is 15.0. The molecule has 0 atom stereocenters. The van der Waals surface area contributed by atoms with E-state index >= 15 is 0 Å². The first-order valence-corrected chi connectivity index (χ1v) is 9.17. The zero-order valence-corrected chi connectivity index (χ0v) is 16.5. The van der Waals surface area contributed by atoms with Crippen molar-refractivity contribution in [1.29, 1.82) is 0 Å². The lowest BCUT2D eigenvalue weighted by Gasteiger charge is -2.42. The molecule has 0 aliphatic carbocycles. The Balaban J connectivity index is 0.00000261. The van der Waals surface area contributed by atoms with Crippen LogP contribution in [0.2, 0.25) is 5.02 Å². The summed E-state index contributed by atoms with van der Waals surface area (Å²) >= 11 is 5.98. The van der Waals surface area contributed by atoms with Gasteiger partial charge in [0.1, 0.15) is 5.82 Å². The molecule has 27 heavy (non-hydrogen) atoms. The van der Waals surface area contributed by atoms with Crippen LogP contribution in [0.1, 0.15) is 23.2 Å². The summed E-state index contributed by atoms with van der Waals surface area (Å²) in [6.07, 6.45) is 1.23. The quantitative estimate of drug-likeness (QED) is 0.811. The van der Waals surface area contributed by atoms with Crippen molar-refractivity contribution in [3.8, 4) is 0 Å². The summed E-state index contributed by atoms with van der Waals surface area (Å²) < 4.78 is 19.3. The van der Waals surface area contributed by atoms with E-state index in [1.165, 1.54) is 23.1 Å². The Bertz CT molecular complexity index is 670. The van der Waals surface area contributed by atoms with Gasteiger partial charge < -0.3 is 20.3 Å². The minimum atomic E-state index is -0.634. The number of hydrogen-bond acceptors (Lipinski definition) is 4. The minimum Gasteiger partial charge on any atom is -0.381 e. The highest BCUT2D eigenvalue weighted by Crippen LogP contribution is 2.32.